The maximum absolute atomic E-state index is 13.6. The third-order valence-electron chi connectivity index (χ3n) is 7.82. The number of aliphatic hydroxyl groups is 2. The topological polar surface area (TPSA) is 359 Å². The van der Waals surface area contributed by atoms with Crippen LogP contribution >= 0.6 is 0 Å². The molecule has 0 bridgehead atoms. The highest BCUT2D eigenvalue weighted by Crippen LogP contribution is 2.12. The van der Waals surface area contributed by atoms with Crippen molar-refractivity contribution in [2.45, 2.75) is 115 Å². The zero-order chi connectivity index (χ0) is 40.3. The summed E-state index contributed by atoms with van der Waals surface area (Å²) in [6, 6.07) is -9.92. The van der Waals surface area contributed by atoms with Crippen LogP contribution in [-0.2, 0) is 43.2 Å². The van der Waals surface area contributed by atoms with Gasteiger partial charge in [0.05, 0.1) is 19.3 Å². The summed E-state index contributed by atoms with van der Waals surface area (Å²) < 4.78 is 0. The molecule has 0 saturated heterocycles. The number of carboxylic acids is 2. The van der Waals surface area contributed by atoms with Crippen LogP contribution in [0.2, 0.25) is 0 Å². The Morgan fingerprint density at radius 1 is 0.596 bits per heavy atom. The number of carbonyl (C=O) groups is 9. The summed E-state index contributed by atoms with van der Waals surface area (Å²) in [7, 11) is 0. The van der Waals surface area contributed by atoms with E-state index in [1.807, 2.05) is 0 Å². The average Bonchev–Trinajstić information content (AvgIpc) is 3.07. The molecular formula is C31H54N8O13. The predicted molar refractivity (Wildman–Crippen MR) is 181 cm³/mol. The molecule has 7 amide bonds. The zero-order valence-electron chi connectivity index (χ0n) is 30.0. The van der Waals surface area contributed by atoms with Crippen LogP contribution < -0.4 is 43.4 Å². The molecule has 14 N–H and O–H groups in total. The van der Waals surface area contributed by atoms with Crippen LogP contribution in [0.15, 0.2) is 0 Å². The third kappa shape index (κ3) is 17.4. The second kappa shape index (κ2) is 23.6. The predicted octanol–water partition coefficient (Wildman–Crippen LogP) is -4.47. The molecule has 0 aromatic heterocycles. The fraction of sp³-hybridized carbons (Fsp3) is 0.710. The lowest BCUT2D eigenvalue weighted by Crippen LogP contribution is -2.61. The van der Waals surface area contributed by atoms with Crippen molar-refractivity contribution in [1.82, 2.24) is 31.9 Å². The van der Waals surface area contributed by atoms with Crippen molar-refractivity contribution in [1.29, 1.82) is 0 Å². The Bertz CT molecular complexity index is 1280. The number of aliphatic hydroxyl groups excluding tert-OH is 2. The Balaban J connectivity index is 5.94. The summed E-state index contributed by atoms with van der Waals surface area (Å²) in [4.78, 5) is 112. The van der Waals surface area contributed by atoms with Crippen LogP contribution in [0.1, 0.15) is 73.1 Å². The van der Waals surface area contributed by atoms with Crippen molar-refractivity contribution >= 4 is 53.3 Å². The molecule has 8 atom stereocenters. The van der Waals surface area contributed by atoms with E-state index in [2.05, 4.69) is 31.9 Å². The van der Waals surface area contributed by atoms with Gasteiger partial charge in [-0.05, 0) is 38.0 Å². The van der Waals surface area contributed by atoms with E-state index in [9.17, 15) is 58.5 Å². The highest BCUT2D eigenvalue weighted by atomic mass is 16.4. The Morgan fingerprint density at radius 2 is 1.10 bits per heavy atom. The van der Waals surface area contributed by atoms with Gasteiger partial charge in [-0.2, -0.15) is 0 Å². The van der Waals surface area contributed by atoms with E-state index in [0.29, 0.717) is 6.42 Å². The second-order valence-electron chi connectivity index (χ2n) is 12.7. The maximum atomic E-state index is 13.6. The normalized spacial score (nSPS) is 15.6. The Labute approximate surface area is 300 Å². The summed E-state index contributed by atoms with van der Waals surface area (Å²) in [6.07, 6.45) is -0.940. The monoisotopic (exact) mass is 746 g/mol. The number of rotatable bonds is 25. The second-order valence-corrected chi connectivity index (χ2v) is 12.7. The van der Waals surface area contributed by atoms with Crippen LogP contribution in [0.3, 0.4) is 0 Å². The highest BCUT2D eigenvalue weighted by molar-refractivity contribution is 5.97. The Kier molecular flexibility index (Phi) is 21.3. The zero-order valence-corrected chi connectivity index (χ0v) is 30.0. The molecule has 0 heterocycles. The summed E-state index contributed by atoms with van der Waals surface area (Å²) in [5.41, 5.74) is 10.8. The quantitative estimate of drug-likeness (QED) is 0.0419. The molecule has 0 aliphatic rings. The molecule has 52 heavy (non-hydrogen) atoms. The maximum Gasteiger partial charge on any atom is 0.328 e. The van der Waals surface area contributed by atoms with Crippen LogP contribution in [0.5, 0.6) is 0 Å². The number of nitrogens with two attached hydrogens (primary N) is 2. The van der Waals surface area contributed by atoms with Gasteiger partial charge in [0.2, 0.25) is 41.4 Å². The number of hydrogen-bond acceptors (Lipinski definition) is 12. The molecule has 21 heteroatoms. The average molecular weight is 747 g/mol. The molecular weight excluding hydrogens is 692 g/mol. The molecule has 0 aliphatic carbocycles. The highest BCUT2D eigenvalue weighted by Gasteiger charge is 2.35. The van der Waals surface area contributed by atoms with Crippen molar-refractivity contribution in [3.8, 4) is 0 Å². The molecule has 0 aromatic carbocycles. The molecule has 0 saturated carbocycles. The number of primary amides is 1. The largest absolute Gasteiger partial charge is 0.481 e. The van der Waals surface area contributed by atoms with Crippen molar-refractivity contribution in [3.05, 3.63) is 0 Å². The summed E-state index contributed by atoms with van der Waals surface area (Å²) in [5.74, 6) is -9.81. The molecule has 0 rings (SSSR count). The molecule has 0 aliphatic heterocycles. The van der Waals surface area contributed by atoms with Gasteiger partial charge in [0.1, 0.15) is 36.3 Å². The number of hydrogen-bond donors (Lipinski definition) is 12. The van der Waals surface area contributed by atoms with Gasteiger partial charge in [0.25, 0.3) is 0 Å². The standard InChI is InChI=1S/C31H54N8O13/c1-6-15(4)24(39-29(49)20(12-40)37-25(45)16(5)34-26(46)17(32)7-10-23(43)44)30(50)36-19(11-14(2)3)28(48)35-18(8-9-22(33)42)27(47)38-21(13-41)31(51)52/h14-21,24,40-41H,6-13,32H2,1-5H3,(H2,33,42)(H,34,46)(H,35,48)(H,36,50)(H,37,45)(H,38,47)(H,39,49)(H,43,44)(H,51,52)/t15-,16-,17-,18-,19-,20-,21-,24-/m0/s1. The minimum Gasteiger partial charge on any atom is -0.481 e. The van der Waals surface area contributed by atoms with E-state index in [4.69, 9.17) is 16.6 Å². The van der Waals surface area contributed by atoms with E-state index in [1.54, 1.807) is 27.7 Å². The van der Waals surface area contributed by atoms with Gasteiger partial charge in [-0.25, -0.2) is 4.79 Å². The number of amides is 7. The van der Waals surface area contributed by atoms with E-state index < -0.39 is 115 Å². The van der Waals surface area contributed by atoms with Gasteiger partial charge in [0.15, 0.2) is 0 Å². The Morgan fingerprint density at radius 3 is 1.58 bits per heavy atom. The van der Waals surface area contributed by atoms with Crippen molar-refractivity contribution < 1.29 is 63.6 Å². The molecule has 0 aromatic rings. The van der Waals surface area contributed by atoms with E-state index in [1.165, 1.54) is 6.92 Å². The van der Waals surface area contributed by atoms with Crippen molar-refractivity contribution in [3.63, 3.8) is 0 Å². The molecule has 0 unspecified atom stereocenters. The number of nitrogens with one attached hydrogen (secondary N) is 6. The minimum absolute atomic E-state index is 0.0240. The minimum atomic E-state index is -1.71. The van der Waals surface area contributed by atoms with Gasteiger partial charge in [0, 0.05) is 12.8 Å². The molecule has 0 spiro atoms. The first-order valence-corrected chi connectivity index (χ1v) is 16.7. The first-order valence-electron chi connectivity index (χ1n) is 16.7. The SMILES string of the molecule is CC[C@H](C)[C@H](NC(=O)[C@H](CO)NC(=O)[C@H](C)NC(=O)[C@@H](N)CCC(=O)O)C(=O)N[C@@H](CC(C)C)C(=O)N[C@@H](CCC(N)=O)C(=O)N[C@@H](CO)C(=O)O. The van der Waals surface area contributed by atoms with Crippen LogP contribution in [-0.4, -0.2) is 129 Å². The van der Waals surface area contributed by atoms with Crippen molar-refractivity contribution in [2.75, 3.05) is 13.2 Å². The first-order chi connectivity index (χ1) is 24.2. The van der Waals surface area contributed by atoms with Crippen LogP contribution in [0, 0.1) is 11.8 Å². The Hall–Kier alpha value is -4.89. The molecule has 0 radical (unpaired) electrons. The van der Waals surface area contributed by atoms with Crippen molar-refractivity contribution in [2.24, 2.45) is 23.3 Å². The van der Waals surface area contributed by atoms with Crippen LogP contribution in [0.25, 0.3) is 0 Å². The molecule has 296 valence electrons. The van der Waals surface area contributed by atoms with Crippen LogP contribution in [0.4, 0.5) is 0 Å². The van der Waals surface area contributed by atoms with Gasteiger partial charge in [-0.15, -0.1) is 0 Å². The third-order valence-corrected chi connectivity index (χ3v) is 7.82. The number of carboxylic acid groups (broad SMARTS) is 2. The molecule has 0 fully saturated rings. The smallest absolute Gasteiger partial charge is 0.328 e. The fourth-order valence-corrected chi connectivity index (χ4v) is 4.49. The summed E-state index contributed by atoms with van der Waals surface area (Å²) >= 11 is 0. The summed E-state index contributed by atoms with van der Waals surface area (Å²) in [5, 5.41) is 51.1. The van der Waals surface area contributed by atoms with E-state index >= 15 is 0 Å². The molecule has 21 nitrogen and oxygen atoms in total. The van der Waals surface area contributed by atoms with Gasteiger partial charge < -0.3 is 63.8 Å². The van der Waals surface area contributed by atoms with E-state index in [-0.39, 0.29) is 38.0 Å². The lowest BCUT2D eigenvalue weighted by molar-refractivity contribution is -0.143. The number of carbonyl (C=O) groups excluding carboxylic acids is 7. The first kappa shape index (κ1) is 47.1. The van der Waals surface area contributed by atoms with Gasteiger partial charge in [-0.3, -0.25) is 38.4 Å². The summed E-state index contributed by atoms with van der Waals surface area (Å²) in [6.45, 7) is 6.17. The van der Waals surface area contributed by atoms with Gasteiger partial charge in [-0.1, -0.05) is 34.1 Å². The lowest BCUT2D eigenvalue weighted by atomic mass is 9.96. The van der Waals surface area contributed by atoms with E-state index in [0.717, 1.165) is 0 Å². The number of aliphatic carboxylic acids is 2. The van der Waals surface area contributed by atoms with Gasteiger partial charge >= 0.3 is 11.9 Å². The lowest BCUT2D eigenvalue weighted by Gasteiger charge is -2.29. The fourth-order valence-electron chi connectivity index (χ4n) is 4.49.